The van der Waals surface area contributed by atoms with Gasteiger partial charge in [0.15, 0.2) is 0 Å². The molecule has 24 heavy (non-hydrogen) atoms. The summed E-state index contributed by atoms with van der Waals surface area (Å²) >= 11 is 0. The number of hydrogen-bond donors (Lipinski definition) is 2. The molecule has 1 aliphatic carbocycles. The number of amides is 1. The highest BCUT2D eigenvalue weighted by atomic mass is 16.5. The van der Waals surface area contributed by atoms with Crippen molar-refractivity contribution >= 4 is 5.91 Å². The lowest BCUT2D eigenvalue weighted by Crippen LogP contribution is -2.41. The number of ether oxygens (including phenoxy) is 2. The van der Waals surface area contributed by atoms with Crippen LogP contribution < -0.4 is 14.8 Å². The first-order valence-corrected chi connectivity index (χ1v) is 8.74. The second-order valence-corrected chi connectivity index (χ2v) is 6.60. The molecule has 0 aliphatic heterocycles. The Hall–Kier alpha value is -1.75. The molecule has 5 nitrogen and oxygen atoms in total. The zero-order chi connectivity index (χ0) is 17.5. The van der Waals surface area contributed by atoms with E-state index in [9.17, 15) is 9.90 Å². The summed E-state index contributed by atoms with van der Waals surface area (Å²) in [5, 5.41) is 13.5. The van der Waals surface area contributed by atoms with Crippen LogP contribution in [0.2, 0.25) is 0 Å². The van der Waals surface area contributed by atoms with Gasteiger partial charge in [-0.2, -0.15) is 0 Å². The van der Waals surface area contributed by atoms with Gasteiger partial charge in [-0.05, 0) is 37.3 Å². The van der Waals surface area contributed by atoms with Crippen LogP contribution in [-0.2, 0) is 4.79 Å². The first-order chi connectivity index (χ1) is 11.5. The first-order valence-electron chi connectivity index (χ1n) is 8.74. The van der Waals surface area contributed by atoms with Crippen molar-refractivity contribution in [2.24, 2.45) is 5.92 Å². The predicted octanol–water partition coefficient (Wildman–Crippen LogP) is 3.21. The zero-order valence-electron chi connectivity index (χ0n) is 14.9. The summed E-state index contributed by atoms with van der Waals surface area (Å²) in [5.41, 5.74) is 0.678. The fourth-order valence-electron chi connectivity index (χ4n) is 3.33. The molecule has 2 rings (SSSR count). The normalized spacial score (nSPS) is 21.8. The minimum absolute atomic E-state index is 0.0141. The lowest BCUT2D eigenvalue weighted by atomic mass is 9.86. The van der Waals surface area contributed by atoms with Crippen molar-refractivity contribution in [2.75, 3.05) is 14.2 Å². The van der Waals surface area contributed by atoms with E-state index in [0.29, 0.717) is 35.8 Å². The molecule has 2 N–H and O–H groups in total. The molecule has 1 aliphatic rings. The Morgan fingerprint density at radius 1 is 1.29 bits per heavy atom. The number of methoxy groups -OCH3 is 2. The van der Waals surface area contributed by atoms with Gasteiger partial charge in [-0.15, -0.1) is 0 Å². The molecule has 0 heterocycles. The Morgan fingerprint density at radius 3 is 2.71 bits per heavy atom. The molecule has 0 spiro atoms. The average molecular weight is 335 g/mol. The van der Waals surface area contributed by atoms with E-state index < -0.39 is 6.10 Å². The van der Waals surface area contributed by atoms with Crippen LogP contribution in [0.3, 0.4) is 0 Å². The van der Waals surface area contributed by atoms with Crippen LogP contribution in [0.25, 0.3) is 0 Å². The third-order valence-corrected chi connectivity index (χ3v) is 4.90. The number of aliphatic hydroxyl groups excluding tert-OH is 1. The summed E-state index contributed by atoms with van der Waals surface area (Å²) < 4.78 is 10.5. The number of benzene rings is 1. The van der Waals surface area contributed by atoms with E-state index in [1.807, 2.05) is 0 Å². The summed E-state index contributed by atoms with van der Waals surface area (Å²) in [7, 11) is 3.14. The maximum absolute atomic E-state index is 12.2. The van der Waals surface area contributed by atoms with Crippen LogP contribution in [0.5, 0.6) is 11.5 Å². The quantitative estimate of drug-likeness (QED) is 0.803. The minimum atomic E-state index is -0.736. The van der Waals surface area contributed by atoms with Crippen molar-refractivity contribution in [3.8, 4) is 11.5 Å². The molecule has 1 fully saturated rings. The maximum Gasteiger partial charge on any atom is 0.220 e. The fraction of sp³-hybridized carbons (Fsp3) is 0.632. The van der Waals surface area contributed by atoms with Crippen LogP contribution >= 0.6 is 0 Å². The van der Waals surface area contributed by atoms with E-state index in [-0.39, 0.29) is 11.9 Å². The Bertz CT molecular complexity index is 546. The monoisotopic (exact) mass is 335 g/mol. The summed E-state index contributed by atoms with van der Waals surface area (Å²) in [5.74, 6) is 1.80. The highest BCUT2D eigenvalue weighted by Gasteiger charge is 2.23. The van der Waals surface area contributed by atoms with Gasteiger partial charge in [0.1, 0.15) is 11.5 Å². The van der Waals surface area contributed by atoms with Crippen molar-refractivity contribution in [3.63, 3.8) is 0 Å². The maximum atomic E-state index is 12.2. The molecule has 5 heteroatoms. The Kier molecular flexibility index (Phi) is 6.91. The molecule has 134 valence electrons. The summed E-state index contributed by atoms with van der Waals surface area (Å²) in [6.07, 6.45) is 4.61. The number of carbonyl (C=O) groups excluding carboxylic acids is 1. The van der Waals surface area contributed by atoms with Crippen molar-refractivity contribution in [1.82, 2.24) is 5.32 Å². The number of rotatable bonds is 7. The topological polar surface area (TPSA) is 67.8 Å². The van der Waals surface area contributed by atoms with Crippen LogP contribution in [0, 0.1) is 5.92 Å². The first kappa shape index (κ1) is 18.6. The third-order valence-electron chi connectivity index (χ3n) is 4.90. The van der Waals surface area contributed by atoms with Crippen LogP contribution in [-0.4, -0.2) is 31.3 Å². The van der Waals surface area contributed by atoms with Gasteiger partial charge in [-0.1, -0.05) is 19.8 Å². The molecule has 0 radical (unpaired) electrons. The van der Waals surface area contributed by atoms with E-state index in [0.717, 1.165) is 6.42 Å². The summed E-state index contributed by atoms with van der Waals surface area (Å²) in [4.78, 5) is 12.2. The lowest BCUT2D eigenvalue weighted by molar-refractivity contribution is -0.123. The molecular weight excluding hydrogens is 306 g/mol. The predicted molar refractivity (Wildman–Crippen MR) is 93.3 cm³/mol. The standard InChI is InChI=1S/C19H29NO4/c1-13-6-4-5-7-16(13)20-19(22)11-10-17(21)15-9-8-14(23-2)12-18(15)24-3/h8-9,12-13,16-17,21H,4-7,10-11H2,1-3H3,(H,20,22). The lowest BCUT2D eigenvalue weighted by Gasteiger charge is -2.29. The Balaban J connectivity index is 1.88. The third kappa shape index (κ3) is 4.87. The second-order valence-electron chi connectivity index (χ2n) is 6.60. The number of aliphatic hydroxyl groups is 1. The minimum Gasteiger partial charge on any atom is -0.497 e. The summed E-state index contributed by atoms with van der Waals surface area (Å²) in [6.45, 7) is 2.20. The van der Waals surface area contributed by atoms with Gasteiger partial charge in [-0.3, -0.25) is 4.79 Å². The molecule has 1 saturated carbocycles. The smallest absolute Gasteiger partial charge is 0.220 e. The molecule has 1 aromatic rings. The van der Waals surface area contributed by atoms with E-state index >= 15 is 0 Å². The Morgan fingerprint density at radius 2 is 2.04 bits per heavy atom. The SMILES string of the molecule is COc1ccc(C(O)CCC(=O)NC2CCCCC2C)c(OC)c1. The number of nitrogens with one attached hydrogen (secondary N) is 1. The molecule has 3 atom stereocenters. The Labute approximate surface area is 144 Å². The van der Waals surface area contributed by atoms with Gasteiger partial charge in [0.2, 0.25) is 5.91 Å². The highest BCUT2D eigenvalue weighted by Crippen LogP contribution is 2.31. The van der Waals surface area contributed by atoms with Gasteiger partial charge in [0, 0.05) is 24.1 Å². The van der Waals surface area contributed by atoms with Gasteiger partial charge < -0.3 is 19.9 Å². The van der Waals surface area contributed by atoms with E-state index in [1.54, 1.807) is 32.4 Å². The fourth-order valence-corrected chi connectivity index (χ4v) is 3.33. The molecular formula is C19H29NO4. The van der Waals surface area contributed by atoms with Gasteiger partial charge >= 0.3 is 0 Å². The zero-order valence-corrected chi connectivity index (χ0v) is 14.9. The van der Waals surface area contributed by atoms with Crippen LogP contribution in [0.1, 0.15) is 57.1 Å². The number of carbonyl (C=O) groups is 1. The van der Waals surface area contributed by atoms with Gasteiger partial charge in [-0.25, -0.2) is 0 Å². The molecule has 1 amide bonds. The van der Waals surface area contributed by atoms with Crippen molar-refractivity contribution in [3.05, 3.63) is 23.8 Å². The highest BCUT2D eigenvalue weighted by molar-refractivity contribution is 5.76. The average Bonchev–Trinajstić information content (AvgIpc) is 2.61. The van der Waals surface area contributed by atoms with Crippen LogP contribution in [0.4, 0.5) is 0 Å². The molecule has 0 bridgehead atoms. The molecule has 0 aromatic heterocycles. The second kappa shape index (κ2) is 8.92. The van der Waals surface area contributed by atoms with Crippen molar-refractivity contribution in [2.45, 2.75) is 57.6 Å². The largest absolute Gasteiger partial charge is 0.497 e. The number of hydrogen-bond acceptors (Lipinski definition) is 4. The van der Waals surface area contributed by atoms with E-state index in [1.165, 1.54) is 19.3 Å². The molecule has 0 saturated heterocycles. The van der Waals surface area contributed by atoms with Crippen LogP contribution in [0.15, 0.2) is 18.2 Å². The van der Waals surface area contributed by atoms with Crippen molar-refractivity contribution in [1.29, 1.82) is 0 Å². The van der Waals surface area contributed by atoms with Crippen molar-refractivity contribution < 1.29 is 19.4 Å². The molecule has 1 aromatic carbocycles. The van der Waals surface area contributed by atoms with E-state index in [2.05, 4.69) is 12.2 Å². The summed E-state index contributed by atoms with van der Waals surface area (Å²) in [6, 6.07) is 5.58. The van der Waals surface area contributed by atoms with E-state index in [4.69, 9.17) is 9.47 Å². The van der Waals surface area contributed by atoms with Gasteiger partial charge in [0.25, 0.3) is 0 Å². The van der Waals surface area contributed by atoms with Gasteiger partial charge in [0.05, 0.1) is 20.3 Å². The molecule has 3 unspecified atom stereocenters.